The van der Waals surface area contributed by atoms with E-state index in [0.717, 1.165) is 106 Å². The summed E-state index contributed by atoms with van der Waals surface area (Å²) in [6.07, 6.45) is 12.2. The second-order valence-corrected chi connectivity index (χ2v) is 14.2. The van der Waals surface area contributed by atoms with Crippen LogP contribution in [0.3, 0.4) is 0 Å². The minimum absolute atomic E-state index is 0.156. The summed E-state index contributed by atoms with van der Waals surface area (Å²) in [5.74, 6) is 0. The molecule has 0 bridgehead atoms. The highest BCUT2D eigenvalue weighted by Crippen LogP contribution is 2.55. The molecule has 222 valence electrons. The van der Waals surface area contributed by atoms with Crippen molar-refractivity contribution in [2.45, 2.75) is 138 Å². The van der Waals surface area contributed by atoms with Crippen molar-refractivity contribution in [3.8, 4) is 0 Å². The predicted octanol–water partition coefficient (Wildman–Crippen LogP) is 10.5. The van der Waals surface area contributed by atoms with Crippen LogP contribution in [-0.4, -0.2) is 17.2 Å². The van der Waals surface area contributed by atoms with Crippen LogP contribution in [0.5, 0.6) is 0 Å². The van der Waals surface area contributed by atoms with E-state index in [2.05, 4.69) is 65.8 Å². The van der Waals surface area contributed by atoms with Crippen molar-refractivity contribution in [2.24, 2.45) is 0 Å². The van der Waals surface area contributed by atoms with Crippen molar-refractivity contribution >= 4 is 18.2 Å². The SMILES string of the molecule is CCCCP(=O)(C(=O)c1c(CCC)cc(CCC)cc1CCC)C(=O)c1c(CCC)cc(CCC)cc1CCC. The zero-order chi connectivity index (χ0) is 29.7. The molecule has 0 atom stereocenters. The molecule has 2 aromatic carbocycles. The lowest BCUT2D eigenvalue weighted by atomic mass is 9.92. The quantitative estimate of drug-likeness (QED) is 0.159. The van der Waals surface area contributed by atoms with Crippen LogP contribution >= 0.6 is 7.14 Å². The summed E-state index contributed by atoms with van der Waals surface area (Å²) in [6, 6.07) is 8.61. The van der Waals surface area contributed by atoms with Gasteiger partial charge >= 0.3 is 0 Å². The molecule has 0 aromatic heterocycles. The lowest BCUT2D eigenvalue weighted by Crippen LogP contribution is -2.20. The van der Waals surface area contributed by atoms with Gasteiger partial charge < -0.3 is 4.57 Å². The summed E-state index contributed by atoms with van der Waals surface area (Å²) < 4.78 is 15.1. The average Bonchev–Trinajstić information content (AvgIpc) is 2.92. The van der Waals surface area contributed by atoms with E-state index in [0.29, 0.717) is 17.5 Å². The molecule has 40 heavy (non-hydrogen) atoms. The molecule has 0 N–H and O–H groups in total. The fourth-order valence-electron chi connectivity index (χ4n) is 6.00. The van der Waals surface area contributed by atoms with Crippen molar-refractivity contribution in [1.29, 1.82) is 0 Å². The first-order valence-corrected chi connectivity index (χ1v) is 18.1. The van der Waals surface area contributed by atoms with Crippen molar-refractivity contribution in [3.63, 3.8) is 0 Å². The molecule has 0 heterocycles. The van der Waals surface area contributed by atoms with Crippen LogP contribution in [0.4, 0.5) is 0 Å². The highest BCUT2D eigenvalue weighted by Gasteiger charge is 2.43. The molecule has 0 amide bonds. The maximum atomic E-state index is 15.1. The zero-order valence-electron chi connectivity index (χ0n) is 26.6. The number of carbonyl (C=O) groups excluding carboxylic acids is 2. The third kappa shape index (κ3) is 8.28. The summed E-state index contributed by atoms with van der Waals surface area (Å²) in [6.45, 7) is 14.9. The van der Waals surface area contributed by atoms with Crippen molar-refractivity contribution in [2.75, 3.05) is 6.16 Å². The first-order valence-electron chi connectivity index (χ1n) is 16.2. The third-order valence-corrected chi connectivity index (χ3v) is 10.5. The molecule has 0 saturated carbocycles. The molecule has 0 aliphatic carbocycles. The molecule has 4 heteroatoms. The fraction of sp³-hybridized carbons (Fsp3) is 0.611. The number of benzene rings is 2. The molecule has 0 aliphatic heterocycles. The van der Waals surface area contributed by atoms with E-state index in [-0.39, 0.29) is 17.2 Å². The number of hydrogen-bond donors (Lipinski definition) is 0. The Kier molecular flexibility index (Phi) is 14.6. The second kappa shape index (κ2) is 17.1. The van der Waals surface area contributed by atoms with Gasteiger partial charge in [-0.2, -0.15) is 0 Å². The summed E-state index contributed by atoms with van der Waals surface area (Å²) >= 11 is 0. The van der Waals surface area contributed by atoms with Crippen molar-refractivity contribution < 1.29 is 14.2 Å². The van der Waals surface area contributed by atoms with Crippen LogP contribution in [0.1, 0.15) is 154 Å². The highest BCUT2D eigenvalue weighted by atomic mass is 31.2. The Bertz CT molecular complexity index is 1040. The van der Waals surface area contributed by atoms with Crippen LogP contribution in [0, 0.1) is 0 Å². The molecule has 2 rings (SSSR count). The largest absolute Gasteiger partial charge is 0.307 e. The minimum atomic E-state index is -3.90. The maximum absolute atomic E-state index is 15.1. The van der Waals surface area contributed by atoms with Crippen LogP contribution in [0.2, 0.25) is 0 Å². The van der Waals surface area contributed by atoms with E-state index in [1.54, 1.807) is 0 Å². The molecule has 3 nitrogen and oxygen atoms in total. The van der Waals surface area contributed by atoms with Gasteiger partial charge in [-0.25, -0.2) is 0 Å². The summed E-state index contributed by atoms with van der Waals surface area (Å²) in [5, 5.41) is 0. The normalized spacial score (nSPS) is 11.7. The Morgan fingerprint density at radius 1 is 0.500 bits per heavy atom. The Labute approximate surface area is 245 Å². The molecule has 0 saturated heterocycles. The van der Waals surface area contributed by atoms with Gasteiger partial charge in [0.1, 0.15) is 0 Å². The van der Waals surface area contributed by atoms with Gasteiger partial charge in [-0.1, -0.05) is 118 Å². The van der Waals surface area contributed by atoms with E-state index >= 15 is 4.57 Å². The van der Waals surface area contributed by atoms with Crippen LogP contribution in [-0.2, 0) is 43.1 Å². The van der Waals surface area contributed by atoms with Gasteiger partial charge in [-0.05, 0) is 78.3 Å². The van der Waals surface area contributed by atoms with Crippen molar-refractivity contribution in [1.82, 2.24) is 0 Å². The Morgan fingerprint density at radius 2 is 0.800 bits per heavy atom. The monoisotopic (exact) mass is 566 g/mol. The van der Waals surface area contributed by atoms with Gasteiger partial charge in [0, 0.05) is 17.3 Å². The molecule has 0 aliphatic rings. The lowest BCUT2D eigenvalue weighted by Gasteiger charge is -2.24. The molecule has 0 unspecified atom stereocenters. The van der Waals surface area contributed by atoms with E-state index in [1.807, 2.05) is 6.92 Å². The Morgan fingerprint density at radius 3 is 1.05 bits per heavy atom. The summed E-state index contributed by atoms with van der Waals surface area (Å²) in [4.78, 5) is 29.3. The van der Waals surface area contributed by atoms with E-state index in [4.69, 9.17) is 0 Å². The Balaban J connectivity index is 2.85. The number of hydrogen-bond acceptors (Lipinski definition) is 3. The number of unbranched alkanes of at least 4 members (excludes halogenated alkanes) is 1. The van der Waals surface area contributed by atoms with Gasteiger partial charge in [0.25, 0.3) is 0 Å². The van der Waals surface area contributed by atoms with Gasteiger partial charge in [-0.3, -0.25) is 9.59 Å². The molecular weight excluding hydrogens is 511 g/mol. The topological polar surface area (TPSA) is 51.2 Å². The van der Waals surface area contributed by atoms with Crippen LogP contribution < -0.4 is 0 Å². The molecule has 0 spiro atoms. The maximum Gasteiger partial charge on any atom is 0.229 e. The summed E-state index contributed by atoms with van der Waals surface area (Å²) in [7, 11) is -3.90. The standard InChI is InChI=1S/C36H55O3P/c1-8-15-22-40(39,35(37)33-29(18-11-4)23-27(16-9-2)24-30(33)19-12-5)36(38)34-31(20-13-6)25-28(17-10-3)26-32(34)21-14-7/h23-26H,8-22H2,1-7H3. The first kappa shape index (κ1) is 34.2. The van der Waals surface area contributed by atoms with Crippen molar-refractivity contribution in [3.05, 3.63) is 68.8 Å². The van der Waals surface area contributed by atoms with Gasteiger partial charge in [0.15, 0.2) is 0 Å². The average molecular weight is 567 g/mol. The Hall–Kier alpha value is -1.99. The predicted molar refractivity (Wildman–Crippen MR) is 173 cm³/mol. The number of rotatable bonds is 19. The second-order valence-electron chi connectivity index (χ2n) is 11.5. The molecule has 0 radical (unpaired) electrons. The molecule has 2 aromatic rings. The molecular formula is C36H55O3P. The zero-order valence-corrected chi connectivity index (χ0v) is 27.5. The number of carbonyl (C=O) groups is 2. The van der Waals surface area contributed by atoms with Gasteiger partial charge in [0.2, 0.25) is 18.2 Å². The fourth-order valence-corrected chi connectivity index (χ4v) is 8.65. The first-order chi connectivity index (χ1) is 19.3. The van der Waals surface area contributed by atoms with E-state index in [1.165, 1.54) is 11.1 Å². The van der Waals surface area contributed by atoms with Gasteiger partial charge in [-0.15, -0.1) is 0 Å². The van der Waals surface area contributed by atoms with Crippen LogP contribution in [0.25, 0.3) is 0 Å². The van der Waals surface area contributed by atoms with Gasteiger partial charge in [0.05, 0.1) is 0 Å². The summed E-state index contributed by atoms with van der Waals surface area (Å²) in [5.41, 5.74) is 6.80. The lowest BCUT2D eigenvalue weighted by molar-refractivity contribution is 0.103. The highest BCUT2D eigenvalue weighted by molar-refractivity contribution is 7.95. The smallest absolute Gasteiger partial charge is 0.229 e. The minimum Gasteiger partial charge on any atom is -0.307 e. The molecule has 0 fully saturated rings. The number of aryl methyl sites for hydroxylation is 6. The van der Waals surface area contributed by atoms with Crippen LogP contribution in [0.15, 0.2) is 24.3 Å². The van der Waals surface area contributed by atoms with E-state index in [9.17, 15) is 9.59 Å². The third-order valence-electron chi connectivity index (χ3n) is 7.79. The van der Waals surface area contributed by atoms with E-state index < -0.39 is 7.14 Å².